The third-order valence-electron chi connectivity index (χ3n) is 4.79. The highest BCUT2D eigenvalue weighted by molar-refractivity contribution is 5.95. The van der Waals surface area contributed by atoms with Crippen LogP contribution in [0.4, 0.5) is 0 Å². The first-order valence-electron chi connectivity index (χ1n) is 8.80. The Hall–Kier alpha value is -2.61. The van der Waals surface area contributed by atoms with Gasteiger partial charge in [-0.1, -0.05) is 0 Å². The van der Waals surface area contributed by atoms with E-state index in [1.807, 2.05) is 22.5 Å². The van der Waals surface area contributed by atoms with Gasteiger partial charge in [-0.15, -0.1) is 10.2 Å². The third-order valence-corrected chi connectivity index (χ3v) is 4.79. The molecule has 2 aliphatic rings. The number of carbonyl (C=O) groups excluding carboxylic acids is 1. The Kier molecular flexibility index (Phi) is 4.50. The lowest BCUT2D eigenvalue weighted by molar-refractivity contribution is 0.0632. The van der Waals surface area contributed by atoms with Gasteiger partial charge in [-0.2, -0.15) is 0 Å². The number of benzene rings is 1. The summed E-state index contributed by atoms with van der Waals surface area (Å²) in [7, 11) is 1.63. The van der Waals surface area contributed by atoms with Gasteiger partial charge in [0.05, 0.1) is 19.3 Å². The molecule has 8 nitrogen and oxygen atoms in total. The number of methoxy groups -OCH3 is 1. The summed E-state index contributed by atoms with van der Waals surface area (Å²) >= 11 is 0. The number of hydrogen-bond acceptors (Lipinski definition) is 6. The van der Waals surface area contributed by atoms with Crippen molar-refractivity contribution >= 4 is 5.91 Å². The van der Waals surface area contributed by atoms with Crippen LogP contribution in [0, 0.1) is 0 Å². The number of hydrogen-bond donors (Lipinski definition) is 0. The maximum atomic E-state index is 13.1. The Labute approximate surface area is 151 Å². The van der Waals surface area contributed by atoms with Crippen LogP contribution < -0.4 is 9.47 Å². The smallest absolute Gasteiger partial charge is 0.254 e. The molecule has 1 aromatic carbocycles. The zero-order valence-corrected chi connectivity index (χ0v) is 15.0. The summed E-state index contributed by atoms with van der Waals surface area (Å²) in [6, 6.07) is 5.20. The quantitative estimate of drug-likeness (QED) is 0.833. The van der Waals surface area contributed by atoms with Crippen LogP contribution in [0.1, 0.15) is 41.4 Å². The molecule has 3 heterocycles. The Bertz CT molecular complexity index is 820. The molecular weight excluding hydrogens is 336 g/mol. The maximum absolute atomic E-state index is 13.1. The molecule has 0 fully saturated rings. The zero-order valence-electron chi connectivity index (χ0n) is 15.0. The summed E-state index contributed by atoms with van der Waals surface area (Å²) in [5, 5.41) is 8.45. The molecule has 1 aromatic heterocycles. The van der Waals surface area contributed by atoms with E-state index in [4.69, 9.17) is 14.2 Å². The fourth-order valence-corrected chi connectivity index (χ4v) is 3.42. The van der Waals surface area contributed by atoms with Gasteiger partial charge in [-0.25, -0.2) is 0 Å². The molecule has 1 amide bonds. The van der Waals surface area contributed by atoms with Crippen LogP contribution in [0.5, 0.6) is 11.5 Å². The molecule has 0 saturated heterocycles. The molecule has 1 atom stereocenters. The van der Waals surface area contributed by atoms with Crippen molar-refractivity contribution in [1.29, 1.82) is 0 Å². The molecule has 0 unspecified atom stereocenters. The number of fused-ring (bicyclic) bond motifs is 2. The van der Waals surface area contributed by atoms with E-state index in [1.54, 1.807) is 19.2 Å². The lowest BCUT2D eigenvalue weighted by atomic mass is 10.1. The van der Waals surface area contributed by atoms with E-state index in [1.165, 1.54) is 0 Å². The average molecular weight is 358 g/mol. The highest BCUT2D eigenvalue weighted by atomic mass is 16.5. The van der Waals surface area contributed by atoms with Crippen molar-refractivity contribution in [3.05, 3.63) is 35.4 Å². The standard InChI is InChI=1S/C18H22N4O4/c1-12-17-20-19-16(11-24-2)22(17)7-6-21(12)18(23)13-4-5-14-15(10-13)26-9-3-8-25-14/h4-5,10,12H,3,6-9,11H2,1-2H3/t12-/m0/s1. The number of aromatic nitrogens is 3. The van der Waals surface area contributed by atoms with Gasteiger partial charge in [0, 0.05) is 32.2 Å². The van der Waals surface area contributed by atoms with Gasteiger partial charge >= 0.3 is 0 Å². The molecule has 0 N–H and O–H groups in total. The minimum Gasteiger partial charge on any atom is -0.490 e. The SMILES string of the molecule is COCc1nnc2n1CCN(C(=O)c1ccc3c(c1)OCCCO3)[C@H]2C. The number of ether oxygens (including phenoxy) is 3. The number of nitrogens with zero attached hydrogens (tertiary/aromatic N) is 4. The van der Waals surface area contributed by atoms with E-state index >= 15 is 0 Å². The van der Waals surface area contributed by atoms with Crippen LogP contribution in [0.2, 0.25) is 0 Å². The van der Waals surface area contributed by atoms with Crippen molar-refractivity contribution in [2.45, 2.75) is 32.5 Å². The minimum atomic E-state index is -0.162. The summed E-state index contributed by atoms with van der Waals surface area (Å²) in [5.41, 5.74) is 0.589. The highest BCUT2D eigenvalue weighted by Crippen LogP contribution is 2.32. The van der Waals surface area contributed by atoms with Gasteiger partial charge in [-0.05, 0) is 25.1 Å². The Morgan fingerprint density at radius 1 is 1.23 bits per heavy atom. The fraction of sp³-hybridized carbons (Fsp3) is 0.500. The van der Waals surface area contributed by atoms with Crippen LogP contribution in [0.25, 0.3) is 0 Å². The Morgan fingerprint density at radius 3 is 2.85 bits per heavy atom. The fourth-order valence-electron chi connectivity index (χ4n) is 3.42. The highest BCUT2D eigenvalue weighted by Gasteiger charge is 2.32. The first kappa shape index (κ1) is 16.8. The van der Waals surface area contributed by atoms with Crippen LogP contribution >= 0.6 is 0 Å². The van der Waals surface area contributed by atoms with E-state index in [9.17, 15) is 4.79 Å². The molecule has 0 aliphatic carbocycles. The number of carbonyl (C=O) groups is 1. The summed E-state index contributed by atoms with van der Waals surface area (Å²) in [4.78, 5) is 14.9. The first-order valence-corrected chi connectivity index (χ1v) is 8.80. The summed E-state index contributed by atoms with van der Waals surface area (Å²) in [6.07, 6.45) is 0.834. The third kappa shape index (κ3) is 2.90. The van der Waals surface area contributed by atoms with Crippen molar-refractivity contribution < 1.29 is 19.0 Å². The zero-order chi connectivity index (χ0) is 18.1. The molecule has 0 bridgehead atoms. The molecule has 2 aromatic rings. The van der Waals surface area contributed by atoms with Crippen LogP contribution in [0.15, 0.2) is 18.2 Å². The van der Waals surface area contributed by atoms with Crippen molar-refractivity contribution in [2.75, 3.05) is 26.9 Å². The van der Waals surface area contributed by atoms with Gasteiger partial charge in [0.2, 0.25) is 0 Å². The Balaban J connectivity index is 1.58. The van der Waals surface area contributed by atoms with E-state index in [2.05, 4.69) is 10.2 Å². The molecule has 138 valence electrons. The predicted octanol–water partition coefficient (Wildman–Crippen LogP) is 1.80. The van der Waals surface area contributed by atoms with Gasteiger partial charge in [0.25, 0.3) is 5.91 Å². The van der Waals surface area contributed by atoms with Crippen molar-refractivity contribution in [3.8, 4) is 11.5 Å². The number of rotatable bonds is 3. The van der Waals surface area contributed by atoms with Gasteiger partial charge in [0.1, 0.15) is 6.61 Å². The van der Waals surface area contributed by atoms with E-state index in [0.29, 0.717) is 50.0 Å². The summed E-state index contributed by atoms with van der Waals surface area (Å²) in [6.45, 7) is 4.85. The predicted molar refractivity (Wildman–Crippen MR) is 92.2 cm³/mol. The molecule has 0 saturated carbocycles. The van der Waals surface area contributed by atoms with E-state index in [0.717, 1.165) is 18.1 Å². The van der Waals surface area contributed by atoms with Crippen molar-refractivity contribution in [2.24, 2.45) is 0 Å². The van der Waals surface area contributed by atoms with Crippen molar-refractivity contribution in [1.82, 2.24) is 19.7 Å². The van der Waals surface area contributed by atoms with Gasteiger partial charge in [0.15, 0.2) is 23.1 Å². The van der Waals surface area contributed by atoms with Crippen molar-refractivity contribution in [3.63, 3.8) is 0 Å². The first-order chi connectivity index (χ1) is 12.7. The summed E-state index contributed by atoms with van der Waals surface area (Å²) in [5.74, 6) is 2.84. The van der Waals surface area contributed by atoms with E-state index < -0.39 is 0 Å². The lowest BCUT2D eigenvalue weighted by Crippen LogP contribution is -2.41. The topological polar surface area (TPSA) is 78.7 Å². The summed E-state index contributed by atoms with van der Waals surface area (Å²) < 4.78 is 18.5. The van der Waals surface area contributed by atoms with Crippen LogP contribution in [0.3, 0.4) is 0 Å². The molecule has 0 spiro atoms. The molecule has 26 heavy (non-hydrogen) atoms. The van der Waals surface area contributed by atoms with Gasteiger partial charge < -0.3 is 23.7 Å². The van der Waals surface area contributed by atoms with Gasteiger partial charge in [-0.3, -0.25) is 4.79 Å². The molecular formula is C18H22N4O4. The molecule has 4 rings (SSSR count). The Morgan fingerprint density at radius 2 is 2.04 bits per heavy atom. The molecule has 0 radical (unpaired) electrons. The van der Waals surface area contributed by atoms with Crippen LogP contribution in [-0.2, 0) is 17.9 Å². The monoisotopic (exact) mass is 358 g/mol. The van der Waals surface area contributed by atoms with Crippen LogP contribution in [-0.4, -0.2) is 52.4 Å². The number of amides is 1. The largest absolute Gasteiger partial charge is 0.490 e. The second-order valence-electron chi connectivity index (χ2n) is 6.45. The molecule has 2 aliphatic heterocycles. The second-order valence-corrected chi connectivity index (χ2v) is 6.45. The van der Waals surface area contributed by atoms with E-state index in [-0.39, 0.29) is 11.9 Å². The lowest BCUT2D eigenvalue weighted by Gasteiger charge is -2.33. The normalized spacial score (nSPS) is 19.0. The second kappa shape index (κ2) is 6.95. The minimum absolute atomic E-state index is 0.0457. The average Bonchev–Trinajstić information content (AvgIpc) is 2.91. The maximum Gasteiger partial charge on any atom is 0.254 e. The molecule has 8 heteroatoms.